The number of hydrogen-bond acceptors (Lipinski definition) is 3. The maximum Gasteiger partial charge on any atom is 0.261 e. The van der Waals surface area contributed by atoms with Crippen molar-refractivity contribution in [3.63, 3.8) is 0 Å². The second kappa shape index (κ2) is 3.67. The lowest BCUT2D eigenvalue weighted by molar-refractivity contribution is 0.609. The van der Waals surface area contributed by atoms with Crippen molar-refractivity contribution in [1.29, 1.82) is 0 Å². The van der Waals surface area contributed by atoms with Crippen LogP contribution in [0.15, 0.2) is 41.6 Å². The standard InChI is InChI=1S/C9H7ClN2O2S/c10-15(13,14)9-3-1-7(2-4-9)8-5-11-12-6-8/h1-6H,(H,11,12). The van der Waals surface area contributed by atoms with Crippen molar-refractivity contribution < 1.29 is 8.42 Å². The molecule has 0 amide bonds. The van der Waals surface area contributed by atoms with Crippen LogP contribution in [0.2, 0.25) is 0 Å². The number of nitrogens with zero attached hydrogens (tertiary/aromatic N) is 1. The molecule has 0 unspecified atom stereocenters. The monoisotopic (exact) mass is 242 g/mol. The fourth-order valence-corrected chi connectivity index (χ4v) is 1.99. The molecule has 1 aromatic carbocycles. The van der Waals surface area contributed by atoms with Gasteiger partial charge in [0.2, 0.25) is 0 Å². The number of rotatable bonds is 2. The zero-order chi connectivity index (χ0) is 10.9. The Labute approximate surface area is 91.3 Å². The Bertz CT molecular complexity index is 546. The van der Waals surface area contributed by atoms with Gasteiger partial charge in [0.1, 0.15) is 0 Å². The maximum atomic E-state index is 11.0. The van der Waals surface area contributed by atoms with E-state index >= 15 is 0 Å². The molecule has 0 atom stereocenters. The third-order valence-corrected chi connectivity index (χ3v) is 3.34. The van der Waals surface area contributed by atoms with Crippen molar-refractivity contribution >= 4 is 19.7 Å². The molecule has 0 saturated carbocycles. The molecule has 0 aliphatic heterocycles. The summed E-state index contributed by atoms with van der Waals surface area (Å²) >= 11 is 0. The van der Waals surface area contributed by atoms with Crippen LogP contribution in [0.4, 0.5) is 0 Å². The summed E-state index contributed by atoms with van der Waals surface area (Å²) in [6.45, 7) is 0. The lowest BCUT2D eigenvalue weighted by atomic mass is 10.1. The zero-order valence-corrected chi connectivity index (χ0v) is 9.09. The summed E-state index contributed by atoms with van der Waals surface area (Å²) in [4.78, 5) is 0.0939. The summed E-state index contributed by atoms with van der Waals surface area (Å²) in [5.74, 6) is 0. The molecule has 1 aromatic heterocycles. The molecule has 2 aromatic rings. The Kier molecular flexibility index (Phi) is 2.50. The quantitative estimate of drug-likeness (QED) is 0.820. The number of aromatic nitrogens is 2. The summed E-state index contributed by atoms with van der Waals surface area (Å²) in [6.07, 6.45) is 3.38. The van der Waals surface area contributed by atoms with Gasteiger partial charge >= 0.3 is 0 Å². The lowest BCUT2D eigenvalue weighted by Gasteiger charge is -1.98. The Morgan fingerprint density at radius 2 is 1.80 bits per heavy atom. The number of aromatic amines is 1. The highest BCUT2D eigenvalue weighted by Crippen LogP contribution is 2.21. The number of hydrogen-bond donors (Lipinski definition) is 1. The first-order chi connectivity index (χ1) is 7.07. The van der Waals surface area contributed by atoms with Gasteiger partial charge in [0.15, 0.2) is 0 Å². The summed E-state index contributed by atoms with van der Waals surface area (Å²) in [5, 5.41) is 6.48. The first-order valence-corrected chi connectivity index (χ1v) is 6.42. The van der Waals surface area contributed by atoms with Crippen LogP contribution in [0.5, 0.6) is 0 Å². The van der Waals surface area contributed by atoms with E-state index in [1.54, 1.807) is 24.5 Å². The van der Waals surface area contributed by atoms with Gasteiger partial charge in [-0.25, -0.2) is 8.42 Å². The largest absolute Gasteiger partial charge is 0.285 e. The summed E-state index contributed by atoms with van der Waals surface area (Å²) in [7, 11) is 1.55. The van der Waals surface area contributed by atoms with Crippen LogP contribution in [0.1, 0.15) is 0 Å². The van der Waals surface area contributed by atoms with Crippen LogP contribution in [0, 0.1) is 0 Å². The number of nitrogens with one attached hydrogen (secondary N) is 1. The highest BCUT2D eigenvalue weighted by atomic mass is 35.7. The van der Waals surface area contributed by atoms with Crippen LogP contribution in [-0.4, -0.2) is 18.6 Å². The van der Waals surface area contributed by atoms with Crippen LogP contribution in [0.3, 0.4) is 0 Å². The highest BCUT2D eigenvalue weighted by molar-refractivity contribution is 8.13. The average Bonchev–Trinajstić information content (AvgIpc) is 2.69. The third kappa shape index (κ3) is 2.19. The molecule has 0 aliphatic rings. The molecular formula is C9H7ClN2O2S. The predicted molar refractivity (Wildman–Crippen MR) is 57.1 cm³/mol. The molecule has 78 valence electrons. The molecule has 0 bridgehead atoms. The smallest absolute Gasteiger partial charge is 0.261 e. The second-order valence-electron chi connectivity index (χ2n) is 2.95. The minimum Gasteiger partial charge on any atom is -0.285 e. The van der Waals surface area contributed by atoms with Gasteiger partial charge in [0.05, 0.1) is 11.1 Å². The highest BCUT2D eigenvalue weighted by Gasteiger charge is 2.09. The van der Waals surface area contributed by atoms with E-state index in [1.165, 1.54) is 12.1 Å². The van der Waals surface area contributed by atoms with Gasteiger partial charge in [0, 0.05) is 22.4 Å². The van der Waals surface area contributed by atoms with E-state index < -0.39 is 9.05 Å². The van der Waals surface area contributed by atoms with E-state index in [0.717, 1.165) is 11.1 Å². The molecule has 15 heavy (non-hydrogen) atoms. The third-order valence-electron chi connectivity index (χ3n) is 1.97. The first-order valence-electron chi connectivity index (χ1n) is 4.11. The second-order valence-corrected chi connectivity index (χ2v) is 5.52. The van der Waals surface area contributed by atoms with Crippen molar-refractivity contribution in [2.24, 2.45) is 0 Å². The van der Waals surface area contributed by atoms with Crippen molar-refractivity contribution in [1.82, 2.24) is 10.2 Å². The van der Waals surface area contributed by atoms with Gasteiger partial charge in [0.25, 0.3) is 9.05 Å². The maximum absolute atomic E-state index is 11.0. The molecule has 0 aliphatic carbocycles. The summed E-state index contributed by atoms with van der Waals surface area (Å²) < 4.78 is 22.0. The number of benzene rings is 1. The van der Waals surface area contributed by atoms with Crippen LogP contribution < -0.4 is 0 Å². The Hall–Kier alpha value is -1.33. The van der Waals surface area contributed by atoms with Crippen LogP contribution in [-0.2, 0) is 9.05 Å². The average molecular weight is 243 g/mol. The molecule has 4 nitrogen and oxygen atoms in total. The number of H-pyrrole nitrogens is 1. The Morgan fingerprint density at radius 3 is 2.27 bits per heavy atom. The molecule has 0 radical (unpaired) electrons. The topological polar surface area (TPSA) is 62.8 Å². The molecule has 1 heterocycles. The molecule has 0 spiro atoms. The number of halogens is 1. The van der Waals surface area contributed by atoms with Crippen molar-refractivity contribution in [2.45, 2.75) is 4.90 Å². The fourth-order valence-electron chi connectivity index (χ4n) is 1.22. The van der Waals surface area contributed by atoms with Gasteiger partial charge in [-0.05, 0) is 17.7 Å². The predicted octanol–water partition coefficient (Wildman–Crippen LogP) is 2.00. The van der Waals surface area contributed by atoms with E-state index in [4.69, 9.17) is 10.7 Å². The molecular weight excluding hydrogens is 236 g/mol. The first kappa shape index (κ1) is 10.2. The minimum absolute atomic E-state index is 0.0939. The van der Waals surface area contributed by atoms with Crippen molar-refractivity contribution in [3.05, 3.63) is 36.7 Å². The zero-order valence-electron chi connectivity index (χ0n) is 7.51. The van der Waals surface area contributed by atoms with Gasteiger partial charge in [-0.1, -0.05) is 12.1 Å². The van der Waals surface area contributed by atoms with Gasteiger partial charge in [-0.2, -0.15) is 5.10 Å². The minimum atomic E-state index is -3.64. The van der Waals surface area contributed by atoms with E-state index in [-0.39, 0.29) is 4.90 Å². The SMILES string of the molecule is O=S(=O)(Cl)c1ccc(-c2cn[nH]c2)cc1. The summed E-state index contributed by atoms with van der Waals surface area (Å²) in [5.41, 5.74) is 1.78. The Morgan fingerprint density at radius 1 is 1.13 bits per heavy atom. The van der Waals surface area contributed by atoms with Crippen molar-refractivity contribution in [2.75, 3.05) is 0 Å². The molecule has 0 saturated heterocycles. The van der Waals surface area contributed by atoms with Crippen LogP contribution in [0.25, 0.3) is 11.1 Å². The Balaban J connectivity index is 2.42. The van der Waals surface area contributed by atoms with Crippen LogP contribution >= 0.6 is 10.7 Å². The fraction of sp³-hybridized carbons (Fsp3) is 0. The van der Waals surface area contributed by atoms with E-state index in [9.17, 15) is 8.42 Å². The lowest BCUT2D eigenvalue weighted by Crippen LogP contribution is -1.89. The van der Waals surface area contributed by atoms with E-state index in [2.05, 4.69) is 10.2 Å². The molecule has 1 N–H and O–H groups in total. The normalized spacial score (nSPS) is 11.5. The van der Waals surface area contributed by atoms with Crippen molar-refractivity contribution in [3.8, 4) is 11.1 Å². The molecule has 6 heteroatoms. The molecule has 0 fully saturated rings. The van der Waals surface area contributed by atoms with Gasteiger partial charge in [-0.15, -0.1) is 0 Å². The van der Waals surface area contributed by atoms with Gasteiger partial charge < -0.3 is 0 Å². The molecule has 2 rings (SSSR count). The van der Waals surface area contributed by atoms with Gasteiger partial charge in [-0.3, -0.25) is 5.10 Å². The summed E-state index contributed by atoms with van der Waals surface area (Å²) in [6, 6.07) is 6.29. The van der Waals surface area contributed by atoms with E-state index in [0.29, 0.717) is 0 Å². The van der Waals surface area contributed by atoms with E-state index in [1.807, 2.05) is 0 Å².